The molecule has 0 aromatic heterocycles. The fourth-order valence-electron chi connectivity index (χ4n) is 2.74. The van der Waals surface area contributed by atoms with E-state index in [-0.39, 0.29) is 5.56 Å². The number of nitrogens with one attached hydrogen (secondary N) is 1. The van der Waals surface area contributed by atoms with E-state index < -0.39 is 18.0 Å². The van der Waals surface area contributed by atoms with Crippen LogP contribution in [0.5, 0.6) is 5.75 Å². The van der Waals surface area contributed by atoms with Gasteiger partial charge in [-0.15, -0.1) is 0 Å². The average Bonchev–Trinajstić information content (AvgIpc) is 2.72. The molecule has 6 heteroatoms. The van der Waals surface area contributed by atoms with Crippen LogP contribution in [0.15, 0.2) is 60.7 Å². The van der Waals surface area contributed by atoms with E-state index in [1.807, 2.05) is 30.3 Å². The maximum atomic E-state index is 12.6. The number of hydrogen-bond acceptors (Lipinski definition) is 5. The lowest BCUT2D eigenvalue weighted by Crippen LogP contribution is -2.30. The number of benzene rings is 3. The third kappa shape index (κ3) is 4.10. The smallest absolute Gasteiger partial charge is 0.342 e. The first kappa shape index (κ1) is 18.9. The first-order chi connectivity index (χ1) is 13.5. The van der Waals surface area contributed by atoms with Crippen molar-refractivity contribution in [1.82, 2.24) is 0 Å². The molecule has 0 fully saturated rings. The van der Waals surface area contributed by atoms with Gasteiger partial charge in [0.1, 0.15) is 11.3 Å². The van der Waals surface area contributed by atoms with Crippen LogP contribution in [0, 0.1) is 11.3 Å². The number of rotatable bonds is 5. The zero-order valence-corrected chi connectivity index (χ0v) is 15.4. The van der Waals surface area contributed by atoms with Crippen molar-refractivity contribution in [1.29, 1.82) is 5.26 Å². The van der Waals surface area contributed by atoms with Gasteiger partial charge in [-0.05, 0) is 48.0 Å². The van der Waals surface area contributed by atoms with Gasteiger partial charge in [-0.25, -0.2) is 4.79 Å². The maximum absolute atomic E-state index is 12.6. The van der Waals surface area contributed by atoms with Crippen molar-refractivity contribution in [2.24, 2.45) is 0 Å². The fourth-order valence-corrected chi connectivity index (χ4v) is 2.74. The summed E-state index contributed by atoms with van der Waals surface area (Å²) in [5.41, 5.74) is 1.12. The van der Waals surface area contributed by atoms with Crippen LogP contribution in [0.25, 0.3) is 10.8 Å². The molecule has 140 valence electrons. The molecule has 0 saturated carbocycles. The molecule has 0 aliphatic heterocycles. The van der Waals surface area contributed by atoms with Crippen LogP contribution in [0.4, 0.5) is 5.69 Å². The minimum Gasteiger partial charge on any atom is -0.496 e. The number of amides is 1. The van der Waals surface area contributed by atoms with E-state index >= 15 is 0 Å². The zero-order chi connectivity index (χ0) is 20.1. The van der Waals surface area contributed by atoms with Crippen molar-refractivity contribution < 1.29 is 19.1 Å². The Morgan fingerprint density at radius 1 is 1.04 bits per heavy atom. The van der Waals surface area contributed by atoms with Crippen LogP contribution in [0.1, 0.15) is 22.8 Å². The Kier molecular flexibility index (Phi) is 5.56. The highest BCUT2D eigenvalue weighted by Crippen LogP contribution is 2.27. The van der Waals surface area contributed by atoms with E-state index in [1.54, 1.807) is 36.4 Å². The van der Waals surface area contributed by atoms with Crippen LogP contribution in [-0.4, -0.2) is 25.1 Å². The number of nitriles is 1. The number of carbonyl (C=O) groups excluding carboxylic acids is 2. The van der Waals surface area contributed by atoms with Gasteiger partial charge >= 0.3 is 5.97 Å². The van der Waals surface area contributed by atoms with Crippen molar-refractivity contribution >= 4 is 28.3 Å². The molecular weight excluding hydrogens is 356 g/mol. The third-order valence-corrected chi connectivity index (χ3v) is 4.20. The Bertz CT molecular complexity index is 1090. The Balaban J connectivity index is 1.75. The molecule has 0 bridgehead atoms. The highest BCUT2D eigenvalue weighted by molar-refractivity contribution is 6.01. The Morgan fingerprint density at radius 2 is 1.75 bits per heavy atom. The molecular formula is C22H18N2O4. The number of anilines is 1. The molecule has 0 radical (unpaired) electrons. The predicted octanol–water partition coefficient (Wildman–Crippen LogP) is 3.90. The van der Waals surface area contributed by atoms with Crippen molar-refractivity contribution in [3.05, 3.63) is 71.8 Å². The number of esters is 1. The van der Waals surface area contributed by atoms with Gasteiger partial charge in [0.25, 0.3) is 5.91 Å². The van der Waals surface area contributed by atoms with Gasteiger partial charge in [0.2, 0.25) is 0 Å². The fraction of sp³-hybridized carbons (Fsp3) is 0.136. The third-order valence-electron chi connectivity index (χ3n) is 4.20. The molecule has 6 nitrogen and oxygen atoms in total. The molecule has 0 aliphatic carbocycles. The largest absolute Gasteiger partial charge is 0.496 e. The molecule has 1 N–H and O–H groups in total. The van der Waals surface area contributed by atoms with E-state index in [0.717, 1.165) is 10.8 Å². The van der Waals surface area contributed by atoms with Crippen molar-refractivity contribution in [3.8, 4) is 11.8 Å². The van der Waals surface area contributed by atoms with Crippen molar-refractivity contribution in [3.63, 3.8) is 0 Å². The predicted molar refractivity (Wildman–Crippen MR) is 105 cm³/mol. The highest BCUT2D eigenvalue weighted by Gasteiger charge is 2.22. The van der Waals surface area contributed by atoms with Gasteiger partial charge in [-0.1, -0.05) is 30.3 Å². The lowest BCUT2D eigenvalue weighted by atomic mass is 10.1. The monoisotopic (exact) mass is 374 g/mol. The van der Waals surface area contributed by atoms with E-state index in [2.05, 4.69) is 5.32 Å². The molecule has 1 atom stereocenters. The van der Waals surface area contributed by atoms with Crippen LogP contribution in [0.2, 0.25) is 0 Å². The summed E-state index contributed by atoms with van der Waals surface area (Å²) in [6.45, 7) is 1.48. The molecule has 1 unspecified atom stereocenters. The quantitative estimate of drug-likeness (QED) is 0.684. The number of methoxy groups -OCH3 is 1. The zero-order valence-electron chi connectivity index (χ0n) is 15.4. The topological polar surface area (TPSA) is 88.4 Å². The second-order valence-electron chi connectivity index (χ2n) is 6.13. The first-order valence-electron chi connectivity index (χ1n) is 8.60. The number of ether oxygens (including phenoxy) is 2. The highest BCUT2D eigenvalue weighted by atomic mass is 16.5. The Hall–Kier alpha value is -3.85. The molecule has 0 spiro atoms. The Morgan fingerprint density at radius 3 is 2.43 bits per heavy atom. The van der Waals surface area contributed by atoms with Gasteiger partial charge in [-0.2, -0.15) is 5.26 Å². The minimum atomic E-state index is -1.03. The van der Waals surface area contributed by atoms with E-state index in [9.17, 15) is 9.59 Å². The summed E-state index contributed by atoms with van der Waals surface area (Å²) in [4.78, 5) is 25.0. The van der Waals surface area contributed by atoms with Crippen LogP contribution in [0.3, 0.4) is 0 Å². The summed E-state index contributed by atoms with van der Waals surface area (Å²) >= 11 is 0. The van der Waals surface area contributed by atoms with Crippen molar-refractivity contribution in [2.75, 3.05) is 12.4 Å². The van der Waals surface area contributed by atoms with Crippen LogP contribution >= 0.6 is 0 Å². The second-order valence-corrected chi connectivity index (χ2v) is 6.13. The average molecular weight is 374 g/mol. The van der Waals surface area contributed by atoms with E-state index in [4.69, 9.17) is 14.7 Å². The number of carbonyl (C=O) groups is 2. The van der Waals surface area contributed by atoms with Crippen LogP contribution in [-0.2, 0) is 9.53 Å². The maximum Gasteiger partial charge on any atom is 0.342 e. The molecule has 3 aromatic rings. The molecule has 0 saturated heterocycles. The van der Waals surface area contributed by atoms with Gasteiger partial charge in [-0.3, -0.25) is 4.79 Å². The molecule has 3 aromatic carbocycles. The molecule has 28 heavy (non-hydrogen) atoms. The van der Waals surface area contributed by atoms with Gasteiger partial charge < -0.3 is 14.8 Å². The second kappa shape index (κ2) is 8.23. The summed E-state index contributed by atoms with van der Waals surface area (Å²) in [6, 6.07) is 19.5. The van der Waals surface area contributed by atoms with Crippen LogP contribution < -0.4 is 10.1 Å². The number of hydrogen-bond donors (Lipinski definition) is 1. The molecule has 0 heterocycles. The Labute approximate surface area is 162 Å². The SMILES string of the molecule is COc1cc2ccccc2cc1C(=O)OC(C)C(=O)Nc1cccc(C#N)c1. The molecule has 1 amide bonds. The summed E-state index contributed by atoms with van der Waals surface area (Å²) in [6.07, 6.45) is -1.03. The van der Waals surface area contributed by atoms with Gasteiger partial charge in [0.05, 0.1) is 18.7 Å². The lowest BCUT2D eigenvalue weighted by molar-refractivity contribution is -0.123. The molecule has 3 rings (SSSR count). The van der Waals surface area contributed by atoms with Crippen molar-refractivity contribution in [2.45, 2.75) is 13.0 Å². The lowest BCUT2D eigenvalue weighted by Gasteiger charge is -2.15. The standard InChI is InChI=1S/C22H18N2O4/c1-14(21(25)24-18-9-5-6-15(10-18)13-23)28-22(26)19-11-16-7-3-4-8-17(16)12-20(19)27-2/h3-12,14H,1-2H3,(H,24,25). The molecule has 0 aliphatic rings. The van der Waals surface area contributed by atoms with E-state index in [0.29, 0.717) is 17.0 Å². The summed E-state index contributed by atoms with van der Waals surface area (Å²) < 4.78 is 10.6. The number of nitrogens with zero attached hydrogens (tertiary/aromatic N) is 1. The minimum absolute atomic E-state index is 0.243. The normalized spacial score (nSPS) is 11.3. The van der Waals surface area contributed by atoms with Gasteiger partial charge in [0, 0.05) is 5.69 Å². The number of fused-ring (bicyclic) bond motifs is 1. The first-order valence-corrected chi connectivity index (χ1v) is 8.60. The van der Waals surface area contributed by atoms with E-state index in [1.165, 1.54) is 14.0 Å². The summed E-state index contributed by atoms with van der Waals surface area (Å²) in [5, 5.41) is 13.4. The van der Waals surface area contributed by atoms with Gasteiger partial charge in [0.15, 0.2) is 6.10 Å². The summed E-state index contributed by atoms with van der Waals surface area (Å²) in [5.74, 6) is -0.780. The summed E-state index contributed by atoms with van der Waals surface area (Å²) in [7, 11) is 1.47.